The largest absolute Gasteiger partial charge is 0.494 e. The van der Waals surface area contributed by atoms with Crippen molar-refractivity contribution in [3.8, 4) is 23.6 Å². The van der Waals surface area contributed by atoms with Crippen LogP contribution in [0.4, 0.5) is 0 Å². The molecule has 0 bridgehead atoms. The van der Waals surface area contributed by atoms with Crippen molar-refractivity contribution in [2.45, 2.75) is 33.1 Å². The van der Waals surface area contributed by atoms with Gasteiger partial charge in [0.05, 0.1) is 29.9 Å². The molecule has 0 aliphatic carbocycles. The Hall–Kier alpha value is -3.84. The van der Waals surface area contributed by atoms with Crippen molar-refractivity contribution in [2.75, 3.05) is 13.2 Å². The Balaban J connectivity index is 2.17. The van der Waals surface area contributed by atoms with Crippen molar-refractivity contribution >= 4 is 11.9 Å². The topological polar surface area (TPSA) is 109 Å². The number of nitriles is 2. The molecule has 7 nitrogen and oxygen atoms in total. The van der Waals surface area contributed by atoms with Crippen molar-refractivity contribution in [1.29, 1.82) is 10.5 Å². The van der Waals surface area contributed by atoms with Crippen LogP contribution in [0, 0.1) is 22.7 Å². The van der Waals surface area contributed by atoms with Gasteiger partial charge in [-0.1, -0.05) is 19.8 Å². The summed E-state index contributed by atoms with van der Waals surface area (Å²) in [7, 11) is 0. The SMILES string of the molecule is CCCCCOc1ccc(C(=O)Oc2ccc(C(=O)OCC)c(C#N)c2C#N)cc1. The number of nitrogens with zero attached hydrogens (tertiary/aromatic N) is 2. The van der Waals surface area contributed by atoms with Crippen LogP contribution in [0.2, 0.25) is 0 Å². The highest BCUT2D eigenvalue weighted by Gasteiger charge is 2.22. The summed E-state index contributed by atoms with van der Waals surface area (Å²) in [6.45, 7) is 4.47. The Morgan fingerprint density at radius 2 is 1.60 bits per heavy atom. The first-order chi connectivity index (χ1) is 14.5. The van der Waals surface area contributed by atoms with Gasteiger partial charge in [-0.05, 0) is 49.7 Å². The second-order valence-corrected chi connectivity index (χ2v) is 6.27. The Bertz CT molecular complexity index is 984. The third-order valence-electron chi connectivity index (χ3n) is 4.20. The van der Waals surface area contributed by atoms with Crippen molar-refractivity contribution in [3.63, 3.8) is 0 Å². The van der Waals surface area contributed by atoms with E-state index in [-0.39, 0.29) is 34.6 Å². The lowest BCUT2D eigenvalue weighted by molar-refractivity contribution is 0.0526. The number of hydrogen-bond acceptors (Lipinski definition) is 7. The van der Waals surface area contributed by atoms with E-state index in [4.69, 9.17) is 14.2 Å². The third kappa shape index (κ3) is 5.59. The molecule has 0 fully saturated rings. The van der Waals surface area contributed by atoms with Crippen LogP contribution in [-0.2, 0) is 4.74 Å². The van der Waals surface area contributed by atoms with Gasteiger partial charge in [-0.15, -0.1) is 0 Å². The second-order valence-electron chi connectivity index (χ2n) is 6.27. The molecule has 154 valence electrons. The zero-order valence-electron chi connectivity index (χ0n) is 16.9. The molecular weight excluding hydrogens is 384 g/mol. The van der Waals surface area contributed by atoms with Gasteiger partial charge in [0, 0.05) is 0 Å². The zero-order valence-corrected chi connectivity index (χ0v) is 16.9. The van der Waals surface area contributed by atoms with Gasteiger partial charge in [-0.3, -0.25) is 0 Å². The first-order valence-electron chi connectivity index (χ1n) is 9.65. The first kappa shape index (κ1) is 22.4. The van der Waals surface area contributed by atoms with Crippen LogP contribution in [-0.4, -0.2) is 25.2 Å². The number of carbonyl (C=O) groups is 2. The fourth-order valence-corrected chi connectivity index (χ4v) is 2.66. The molecule has 0 radical (unpaired) electrons. The summed E-state index contributed by atoms with van der Waals surface area (Å²) in [4.78, 5) is 24.5. The standard InChI is InChI=1S/C23H22N2O5/c1-3-5-6-13-29-17-9-7-16(8-10-17)22(26)30-21-12-11-18(23(27)28-4-2)19(14-24)20(21)15-25/h7-12H,3-6,13H2,1-2H3. The van der Waals surface area contributed by atoms with E-state index in [9.17, 15) is 20.1 Å². The molecule has 0 aliphatic rings. The Kier molecular flexibility index (Phi) is 8.40. The summed E-state index contributed by atoms with van der Waals surface area (Å²) in [5.74, 6) is -0.882. The molecule has 30 heavy (non-hydrogen) atoms. The number of esters is 2. The molecule has 0 amide bonds. The lowest BCUT2D eigenvalue weighted by Crippen LogP contribution is -2.12. The summed E-state index contributed by atoms with van der Waals surface area (Å²) >= 11 is 0. The molecule has 0 atom stereocenters. The highest BCUT2D eigenvalue weighted by Crippen LogP contribution is 2.26. The Morgan fingerprint density at radius 3 is 2.20 bits per heavy atom. The van der Waals surface area contributed by atoms with Gasteiger partial charge in [-0.2, -0.15) is 10.5 Å². The summed E-state index contributed by atoms with van der Waals surface area (Å²) < 4.78 is 15.8. The summed E-state index contributed by atoms with van der Waals surface area (Å²) in [5.41, 5.74) is -0.197. The fourth-order valence-electron chi connectivity index (χ4n) is 2.66. The maximum Gasteiger partial charge on any atom is 0.343 e. The van der Waals surface area contributed by atoms with Crippen LogP contribution >= 0.6 is 0 Å². The van der Waals surface area contributed by atoms with Crippen LogP contribution in [0.5, 0.6) is 11.5 Å². The molecule has 0 heterocycles. The average molecular weight is 406 g/mol. The fraction of sp³-hybridized carbons (Fsp3) is 0.304. The van der Waals surface area contributed by atoms with E-state index >= 15 is 0 Å². The quantitative estimate of drug-likeness (QED) is 0.345. The van der Waals surface area contributed by atoms with Crippen LogP contribution in [0.3, 0.4) is 0 Å². The van der Waals surface area contributed by atoms with Crippen LogP contribution in [0.15, 0.2) is 36.4 Å². The molecule has 7 heteroatoms. The molecule has 0 saturated carbocycles. The predicted octanol–water partition coefficient (Wildman–Crippen LogP) is 4.39. The monoisotopic (exact) mass is 406 g/mol. The van der Waals surface area contributed by atoms with Crippen molar-refractivity contribution in [2.24, 2.45) is 0 Å². The molecule has 2 rings (SSSR count). The Labute approximate surface area is 175 Å². The molecule has 2 aromatic rings. The number of carbonyl (C=O) groups excluding carboxylic acids is 2. The third-order valence-corrected chi connectivity index (χ3v) is 4.20. The molecule has 0 N–H and O–H groups in total. The lowest BCUT2D eigenvalue weighted by atomic mass is 10.0. The van der Waals surface area contributed by atoms with Crippen molar-refractivity contribution in [1.82, 2.24) is 0 Å². The molecule has 0 spiro atoms. The molecule has 0 unspecified atom stereocenters. The number of hydrogen-bond donors (Lipinski definition) is 0. The number of rotatable bonds is 9. The lowest BCUT2D eigenvalue weighted by Gasteiger charge is -2.11. The van der Waals surface area contributed by atoms with Crippen molar-refractivity contribution in [3.05, 3.63) is 58.7 Å². The zero-order chi connectivity index (χ0) is 21.9. The molecule has 2 aromatic carbocycles. The van der Waals surface area contributed by atoms with E-state index in [1.165, 1.54) is 12.1 Å². The highest BCUT2D eigenvalue weighted by molar-refractivity contribution is 5.95. The maximum absolute atomic E-state index is 12.5. The van der Waals surface area contributed by atoms with Crippen LogP contribution in [0.1, 0.15) is 65.0 Å². The van der Waals surface area contributed by atoms with Crippen molar-refractivity contribution < 1.29 is 23.8 Å². The van der Waals surface area contributed by atoms with Gasteiger partial charge < -0.3 is 14.2 Å². The smallest absolute Gasteiger partial charge is 0.343 e. The first-order valence-corrected chi connectivity index (χ1v) is 9.65. The minimum absolute atomic E-state index is 0.0553. The van der Waals surface area contributed by atoms with Crippen LogP contribution < -0.4 is 9.47 Å². The molecule has 0 aromatic heterocycles. The van der Waals surface area contributed by atoms with Gasteiger partial charge in [0.1, 0.15) is 29.2 Å². The number of benzene rings is 2. The number of ether oxygens (including phenoxy) is 3. The minimum atomic E-state index is -0.724. The normalized spacial score (nSPS) is 9.87. The highest BCUT2D eigenvalue weighted by atomic mass is 16.5. The van der Waals surface area contributed by atoms with Gasteiger partial charge >= 0.3 is 11.9 Å². The van der Waals surface area contributed by atoms with E-state index in [0.29, 0.717) is 12.4 Å². The molecule has 0 saturated heterocycles. The van der Waals surface area contributed by atoms with Crippen LogP contribution in [0.25, 0.3) is 0 Å². The van der Waals surface area contributed by atoms with E-state index in [1.54, 1.807) is 31.2 Å². The molecule has 0 aliphatic heterocycles. The predicted molar refractivity (Wildman–Crippen MR) is 108 cm³/mol. The van der Waals surface area contributed by atoms with Gasteiger partial charge in [0.25, 0.3) is 0 Å². The summed E-state index contributed by atoms with van der Waals surface area (Å²) in [6, 6.07) is 12.7. The van der Waals surface area contributed by atoms with E-state index in [1.807, 2.05) is 12.1 Å². The van der Waals surface area contributed by atoms with Gasteiger partial charge in [0.15, 0.2) is 0 Å². The minimum Gasteiger partial charge on any atom is -0.494 e. The maximum atomic E-state index is 12.5. The number of unbranched alkanes of at least 4 members (excludes halogenated alkanes) is 2. The van der Waals surface area contributed by atoms with E-state index in [0.717, 1.165) is 19.3 Å². The summed E-state index contributed by atoms with van der Waals surface area (Å²) in [5, 5.41) is 18.8. The van der Waals surface area contributed by atoms with Gasteiger partial charge in [-0.25, -0.2) is 9.59 Å². The Morgan fingerprint density at radius 1 is 0.900 bits per heavy atom. The van der Waals surface area contributed by atoms with Gasteiger partial charge in [0.2, 0.25) is 0 Å². The molecular formula is C23H22N2O5. The van der Waals surface area contributed by atoms with E-state index < -0.39 is 11.9 Å². The average Bonchev–Trinajstić information content (AvgIpc) is 2.76. The van der Waals surface area contributed by atoms with E-state index in [2.05, 4.69) is 6.92 Å². The second kappa shape index (κ2) is 11.2. The summed E-state index contributed by atoms with van der Waals surface area (Å²) in [6.07, 6.45) is 3.15.